The number of amides is 4. The maximum atomic E-state index is 12.6. The van der Waals surface area contributed by atoms with Crippen molar-refractivity contribution in [2.45, 2.75) is 32.4 Å². The molecule has 2 atom stereocenters. The van der Waals surface area contributed by atoms with Crippen molar-refractivity contribution in [1.29, 1.82) is 0 Å². The smallest absolute Gasteiger partial charge is 0.325 e. The van der Waals surface area contributed by atoms with Crippen LogP contribution in [0.5, 0.6) is 5.75 Å². The summed E-state index contributed by atoms with van der Waals surface area (Å²) in [5.41, 5.74) is 6.01. The summed E-state index contributed by atoms with van der Waals surface area (Å²) in [4.78, 5) is 37.4. The minimum Gasteiger partial charge on any atom is -0.497 e. The van der Waals surface area contributed by atoms with Crippen LogP contribution in [0.25, 0.3) is 0 Å². The minimum absolute atomic E-state index is 0.119. The molecule has 0 bridgehead atoms. The molecule has 3 N–H and O–H groups in total. The van der Waals surface area contributed by atoms with Crippen molar-refractivity contribution in [3.05, 3.63) is 29.8 Å². The number of nitrogens with zero attached hydrogens (tertiary/aromatic N) is 1. The van der Waals surface area contributed by atoms with Crippen LogP contribution in [0, 0.1) is 5.92 Å². The number of imide groups is 1. The lowest BCUT2D eigenvalue weighted by Gasteiger charge is -2.24. The lowest BCUT2D eigenvalue weighted by atomic mass is 10.0. The van der Waals surface area contributed by atoms with Crippen LogP contribution in [0.4, 0.5) is 4.79 Å². The Morgan fingerprint density at radius 1 is 1.30 bits per heavy atom. The van der Waals surface area contributed by atoms with Crippen molar-refractivity contribution in [3.8, 4) is 5.75 Å². The third-order valence-electron chi connectivity index (χ3n) is 3.75. The normalized spacial score (nSPS) is 19.0. The van der Waals surface area contributed by atoms with Gasteiger partial charge >= 0.3 is 6.03 Å². The van der Waals surface area contributed by atoms with Crippen LogP contribution in [0.2, 0.25) is 0 Å². The fourth-order valence-electron chi connectivity index (χ4n) is 2.61. The monoisotopic (exact) mass is 319 g/mol. The molecule has 1 fully saturated rings. The van der Waals surface area contributed by atoms with Gasteiger partial charge < -0.3 is 15.8 Å². The van der Waals surface area contributed by atoms with Gasteiger partial charge in [0.25, 0.3) is 5.91 Å². The number of methoxy groups -OCH3 is 1. The summed E-state index contributed by atoms with van der Waals surface area (Å²) in [6, 6.07) is 4.46. The topological polar surface area (TPSA) is 102 Å². The molecule has 1 saturated heterocycles. The second-order valence-corrected chi connectivity index (χ2v) is 5.91. The molecule has 124 valence electrons. The number of ether oxygens (including phenoxy) is 1. The molecular formula is C16H21N3O4. The molecule has 1 aromatic rings. The van der Waals surface area contributed by atoms with E-state index in [4.69, 9.17) is 10.5 Å². The SMILES string of the molecule is COc1ccc(C2NC(=O)N([C@@H](CC(C)C)C(N)=O)C2=O)cc1. The van der Waals surface area contributed by atoms with Gasteiger partial charge in [-0.3, -0.25) is 9.59 Å². The fraction of sp³-hybridized carbons (Fsp3) is 0.438. The van der Waals surface area contributed by atoms with Crippen LogP contribution < -0.4 is 15.8 Å². The second-order valence-electron chi connectivity index (χ2n) is 5.91. The van der Waals surface area contributed by atoms with Crippen molar-refractivity contribution >= 4 is 17.8 Å². The molecule has 2 rings (SSSR count). The van der Waals surface area contributed by atoms with Gasteiger partial charge in [-0.2, -0.15) is 0 Å². The Balaban J connectivity index is 2.25. The molecule has 1 aromatic carbocycles. The van der Waals surface area contributed by atoms with Crippen LogP contribution >= 0.6 is 0 Å². The Labute approximate surface area is 134 Å². The predicted octanol–water partition coefficient (Wildman–Crippen LogP) is 1.19. The van der Waals surface area contributed by atoms with E-state index in [0.29, 0.717) is 17.7 Å². The Morgan fingerprint density at radius 3 is 2.39 bits per heavy atom. The van der Waals surface area contributed by atoms with Crippen LogP contribution in [-0.2, 0) is 9.59 Å². The third-order valence-corrected chi connectivity index (χ3v) is 3.75. The maximum Gasteiger partial charge on any atom is 0.325 e. The van der Waals surface area contributed by atoms with E-state index in [-0.39, 0.29) is 5.92 Å². The molecule has 1 aliphatic rings. The van der Waals surface area contributed by atoms with E-state index < -0.39 is 29.9 Å². The highest BCUT2D eigenvalue weighted by molar-refractivity contribution is 6.07. The number of carbonyl (C=O) groups is 3. The highest BCUT2D eigenvalue weighted by atomic mass is 16.5. The van der Waals surface area contributed by atoms with E-state index in [1.165, 1.54) is 0 Å². The molecule has 0 saturated carbocycles. The van der Waals surface area contributed by atoms with Gasteiger partial charge in [0.05, 0.1) is 7.11 Å². The van der Waals surface area contributed by atoms with E-state index >= 15 is 0 Å². The molecule has 0 spiro atoms. The van der Waals surface area contributed by atoms with E-state index in [2.05, 4.69) is 5.32 Å². The van der Waals surface area contributed by atoms with Gasteiger partial charge in [0.15, 0.2) is 0 Å². The van der Waals surface area contributed by atoms with Crippen LogP contribution in [0.1, 0.15) is 31.9 Å². The van der Waals surface area contributed by atoms with Crippen LogP contribution in [-0.4, -0.2) is 35.9 Å². The number of hydrogen-bond acceptors (Lipinski definition) is 4. The van der Waals surface area contributed by atoms with Crippen LogP contribution in [0.3, 0.4) is 0 Å². The average molecular weight is 319 g/mol. The average Bonchev–Trinajstić information content (AvgIpc) is 2.79. The zero-order chi connectivity index (χ0) is 17.1. The summed E-state index contributed by atoms with van der Waals surface area (Å²) in [6.07, 6.45) is 0.337. The van der Waals surface area contributed by atoms with Crippen LogP contribution in [0.15, 0.2) is 24.3 Å². The van der Waals surface area contributed by atoms with Crippen molar-refractivity contribution in [2.75, 3.05) is 7.11 Å². The van der Waals surface area contributed by atoms with Gasteiger partial charge in [-0.05, 0) is 30.0 Å². The van der Waals surface area contributed by atoms with Gasteiger partial charge in [-0.25, -0.2) is 9.69 Å². The highest BCUT2D eigenvalue weighted by Gasteiger charge is 2.44. The molecule has 1 unspecified atom stereocenters. The largest absolute Gasteiger partial charge is 0.497 e. The first-order valence-corrected chi connectivity index (χ1v) is 7.42. The highest BCUT2D eigenvalue weighted by Crippen LogP contribution is 2.26. The van der Waals surface area contributed by atoms with Gasteiger partial charge in [-0.15, -0.1) is 0 Å². The van der Waals surface area contributed by atoms with E-state index in [9.17, 15) is 14.4 Å². The first-order valence-electron chi connectivity index (χ1n) is 7.42. The Kier molecular flexibility index (Phi) is 4.88. The molecule has 0 aromatic heterocycles. The number of rotatable bonds is 6. The van der Waals surface area contributed by atoms with Crippen molar-refractivity contribution in [3.63, 3.8) is 0 Å². The van der Waals surface area contributed by atoms with Gasteiger partial charge in [0.2, 0.25) is 5.91 Å². The first kappa shape index (κ1) is 16.8. The molecule has 7 nitrogen and oxygen atoms in total. The number of urea groups is 1. The molecular weight excluding hydrogens is 298 g/mol. The maximum absolute atomic E-state index is 12.6. The lowest BCUT2D eigenvalue weighted by Crippen LogP contribution is -2.48. The number of carbonyl (C=O) groups excluding carboxylic acids is 3. The molecule has 0 radical (unpaired) electrons. The van der Waals surface area contributed by atoms with E-state index in [1.54, 1.807) is 31.4 Å². The van der Waals surface area contributed by atoms with Gasteiger partial charge in [-0.1, -0.05) is 26.0 Å². The minimum atomic E-state index is -0.939. The van der Waals surface area contributed by atoms with E-state index in [0.717, 1.165) is 4.90 Å². The summed E-state index contributed by atoms with van der Waals surface area (Å²) in [5.74, 6) is -0.382. The number of primary amides is 1. The van der Waals surface area contributed by atoms with Crippen molar-refractivity contribution < 1.29 is 19.1 Å². The lowest BCUT2D eigenvalue weighted by molar-refractivity contribution is -0.135. The fourth-order valence-corrected chi connectivity index (χ4v) is 2.61. The number of nitrogens with two attached hydrogens (primary N) is 1. The van der Waals surface area contributed by atoms with Crippen molar-refractivity contribution in [1.82, 2.24) is 10.2 Å². The second kappa shape index (κ2) is 6.68. The molecule has 23 heavy (non-hydrogen) atoms. The first-order chi connectivity index (χ1) is 10.8. The Hall–Kier alpha value is -2.57. The Bertz CT molecular complexity index is 612. The third kappa shape index (κ3) is 3.44. The summed E-state index contributed by atoms with van der Waals surface area (Å²) in [5, 5.41) is 2.60. The number of hydrogen-bond donors (Lipinski definition) is 2. The summed E-state index contributed by atoms with van der Waals surface area (Å²) >= 11 is 0. The van der Waals surface area contributed by atoms with Gasteiger partial charge in [0.1, 0.15) is 17.8 Å². The summed E-state index contributed by atoms with van der Waals surface area (Å²) in [6.45, 7) is 3.80. The Morgan fingerprint density at radius 2 is 1.91 bits per heavy atom. The zero-order valence-corrected chi connectivity index (χ0v) is 13.4. The molecule has 4 amide bonds. The molecule has 7 heteroatoms. The molecule has 1 heterocycles. The number of nitrogens with one attached hydrogen (secondary N) is 1. The summed E-state index contributed by atoms with van der Waals surface area (Å²) < 4.78 is 5.07. The molecule has 0 aliphatic carbocycles. The predicted molar refractivity (Wildman–Crippen MR) is 83.6 cm³/mol. The summed E-state index contributed by atoms with van der Waals surface area (Å²) in [7, 11) is 1.54. The quantitative estimate of drug-likeness (QED) is 0.769. The standard InChI is InChI=1S/C16H21N3O4/c1-9(2)8-12(14(17)20)19-15(21)13(18-16(19)22)10-4-6-11(23-3)7-5-10/h4-7,9,12-13H,8H2,1-3H3,(H2,17,20)(H,18,22)/t12-,13?/m0/s1. The molecule has 1 aliphatic heterocycles. The zero-order valence-electron chi connectivity index (χ0n) is 13.4. The van der Waals surface area contributed by atoms with Crippen molar-refractivity contribution in [2.24, 2.45) is 11.7 Å². The van der Waals surface area contributed by atoms with Gasteiger partial charge in [0, 0.05) is 0 Å². The van der Waals surface area contributed by atoms with E-state index in [1.807, 2.05) is 13.8 Å². The number of benzene rings is 1.